The van der Waals surface area contributed by atoms with Crippen LogP contribution in [-0.2, 0) is 11.3 Å². The average Bonchev–Trinajstić information content (AvgIpc) is 2.30. The second kappa shape index (κ2) is 5.37. The van der Waals surface area contributed by atoms with Crippen LogP contribution in [0.15, 0.2) is 6.07 Å². The molecule has 0 radical (unpaired) electrons. The molecule has 1 N–H and O–H groups in total. The monoisotopic (exact) mass is 221 g/mol. The molecule has 0 saturated carbocycles. The predicted octanol–water partition coefficient (Wildman–Crippen LogP) is 1.40. The number of aryl methyl sites for hydroxylation is 1. The maximum Gasteiger partial charge on any atom is 0.132 e. The Labute approximate surface area is 96.4 Å². The van der Waals surface area contributed by atoms with Crippen LogP contribution < -0.4 is 5.32 Å². The number of hydrogen-bond acceptors (Lipinski definition) is 4. The number of hydrogen-bond donors (Lipinski definition) is 1. The highest BCUT2D eigenvalue weighted by atomic mass is 16.5. The van der Waals surface area contributed by atoms with Gasteiger partial charge in [0.25, 0.3) is 0 Å². The van der Waals surface area contributed by atoms with E-state index >= 15 is 0 Å². The van der Waals surface area contributed by atoms with Crippen molar-refractivity contribution in [2.75, 3.05) is 20.3 Å². The van der Waals surface area contributed by atoms with Gasteiger partial charge in [0.1, 0.15) is 5.82 Å². The molecule has 0 unspecified atom stereocenters. The van der Waals surface area contributed by atoms with E-state index in [0.29, 0.717) is 5.92 Å². The van der Waals surface area contributed by atoms with Crippen molar-refractivity contribution >= 4 is 0 Å². The van der Waals surface area contributed by atoms with Crippen LogP contribution in [0.3, 0.4) is 0 Å². The Kier molecular flexibility index (Phi) is 3.85. The molecule has 2 rings (SSSR count). The fourth-order valence-electron chi connectivity index (χ4n) is 2.07. The van der Waals surface area contributed by atoms with Crippen LogP contribution in [0, 0.1) is 6.92 Å². The topological polar surface area (TPSA) is 47.0 Å². The van der Waals surface area contributed by atoms with Gasteiger partial charge in [-0.1, -0.05) is 0 Å². The third-order valence-corrected chi connectivity index (χ3v) is 2.87. The summed E-state index contributed by atoms with van der Waals surface area (Å²) < 4.78 is 5.36. The Morgan fingerprint density at radius 1 is 1.38 bits per heavy atom. The molecular weight excluding hydrogens is 202 g/mol. The number of rotatable bonds is 3. The normalized spacial score (nSPS) is 17.6. The van der Waals surface area contributed by atoms with Gasteiger partial charge in [-0.05, 0) is 32.9 Å². The number of nitrogens with one attached hydrogen (secondary N) is 1. The lowest BCUT2D eigenvalue weighted by atomic mass is 9.99. The van der Waals surface area contributed by atoms with Gasteiger partial charge in [0.2, 0.25) is 0 Å². The molecule has 0 bridgehead atoms. The van der Waals surface area contributed by atoms with Crippen LogP contribution in [0.5, 0.6) is 0 Å². The average molecular weight is 221 g/mol. The summed E-state index contributed by atoms with van der Waals surface area (Å²) in [5, 5.41) is 3.13. The fourth-order valence-corrected chi connectivity index (χ4v) is 2.07. The van der Waals surface area contributed by atoms with Crippen LogP contribution in [0.1, 0.15) is 36.0 Å². The van der Waals surface area contributed by atoms with E-state index in [4.69, 9.17) is 4.74 Å². The summed E-state index contributed by atoms with van der Waals surface area (Å²) in [4.78, 5) is 9.16. The summed E-state index contributed by atoms with van der Waals surface area (Å²) in [5.74, 6) is 1.47. The molecule has 88 valence electrons. The second-order valence-corrected chi connectivity index (χ2v) is 4.28. The van der Waals surface area contributed by atoms with Crippen LogP contribution in [0.4, 0.5) is 0 Å². The number of aromatic nitrogens is 2. The lowest BCUT2D eigenvalue weighted by Crippen LogP contribution is -2.18. The minimum Gasteiger partial charge on any atom is -0.381 e. The molecule has 1 fully saturated rings. The van der Waals surface area contributed by atoms with Gasteiger partial charge in [-0.15, -0.1) is 0 Å². The quantitative estimate of drug-likeness (QED) is 0.838. The van der Waals surface area contributed by atoms with E-state index in [0.717, 1.165) is 49.8 Å². The van der Waals surface area contributed by atoms with Crippen LogP contribution in [0.25, 0.3) is 0 Å². The van der Waals surface area contributed by atoms with Gasteiger partial charge in [-0.25, -0.2) is 9.97 Å². The van der Waals surface area contributed by atoms with Crippen molar-refractivity contribution in [3.63, 3.8) is 0 Å². The van der Waals surface area contributed by atoms with Gasteiger partial charge in [0.15, 0.2) is 0 Å². The molecule has 1 aliphatic heterocycles. The summed E-state index contributed by atoms with van der Waals surface area (Å²) in [5.41, 5.74) is 2.14. The van der Waals surface area contributed by atoms with E-state index < -0.39 is 0 Å². The molecule has 0 aliphatic carbocycles. The van der Waals surface area contributed by atoms with E-state index in [-0.39, 0.29) is 0 Å². The largest absolute Gasteiger partial charge is 0.381 e. The number of nitrogens with zero attached hydrogens (tertiary/aromatic N) is 2. The van der Waals surface area contributed by atoms with Crippen LogP contribution in [0.2, 0.25) is 0 Å². The summed E-state index contributed by atoms with van der Waals surface area (Å²) in [6.45, 7) is 4.51. The van der Waals surface area contributed by atoms with E-state index in [1.54, 1.807) is 0 Å². The van der Waals surface area contributed by atoms with Gasteiger partial charge in [0, 0.05) is 31.4 Å². The lowest BCUT2D eigenvalue weighted by molar-refractivity contribution is 0.0835. The van der Waals surface area contributed by atoms with Gasteiger partial charge in [0.05, 0.1) is 5.69 Å². The molecule has 0 atom stereocenters. The van der Waals surface area contributed by atoms with Gasteiger partial charge < -0.3 is 10.1 Å². The zero-order valence-corrected chi connectivity index (χ0v) is 9.99. The third-order valence-electron chi connectivity index (χ3n) is 2.87. The molecule has 1 aromatic rings. The Balaban J connectivity index is 2.18. The van der Waals surface area contributed by atoms with Crippen molar-refractivity contribution in [3.05, 3.63) is 23.3 Å². The van der Waals surface area contributed by atoms with E-state index in [9.17, 15) is 0 Å². The molecule has 0 aromatic carbocycles. The Morgan fingerprint density at radius 3 is 2.81 bits per heavy atom. The lowest BCUT2D eigenvalue weighted by Gasteiger charge is -2.21. The standard InChI is InChI=1S/C12H19N3O/c1-9-7-11(8-13-2)15-12(14-9)10-3-5-16-6-4-10/h7,10,13H,3-6,8H2,1-2H3. The van der Waals surface area contributed by atoms with E-state index in [2.05, 4.69) is 15.3 Å². The van der Waals surface area contributed by atoms with Gasteiger partial charge in [-0.2, -0.15) is 0 Å². The van der Waals surface area contributed by atoms with Gasteiger partial charge >= 0.3 is 0 Å². The third kappa shape index (κ3) is 2.77. The first-order valence-electron chi connectivity index (χ1n) is 5.86. The van der Waals surface area contributed by atoms with Crippen molar-refractivity contribution in [3.8, 4) is 0 Å². The molecule has 16 heavy (non-hydrogen) atoms. The molecule has 1 saturated heterocycles. The van der Waals surface area contributed by atoms with Crippen molar-refractivity contribution in [1.82, 2.24) is 15.3 Å². The van der Waals surface area contributed by atoms with Crippen molar-refractivity contribution in [2.45, 2.75) is 32.2 Å². The summed E-state index contributed by atoms with van der Waals surface area (Å²) >= 11 is 0. The smallest absolute Gasteiger partial charge is 0.132 e. The zero-order valence-electron chi connectivity index (χ0n) is 9.99. The Bertz CT molecular complexity index is 348. The maximum atomic E-state index is 5.36. The first-order valence-corrected chi connectivity index (χ1v) is 5.86. The highest BCUT2D eigenvalue weighted by Crippen LogP contribution is 2.24. The molecule has 4 nitrogen and oxygen atoms in total. The molecule has 0 amide bonds. The molecule has 2 heterocycles. The molecule has 1 aromatic heterocycles. The zero-order chi connectivity index (χ0) is 11.4. The summed E-state index contributed by atoms with van der Waals surface area (Å²) in [6.07, 6.45) is 2.09. The SMILES string of the molecule is CNCc1cc(C)nc(C2CCOCC2)n1. The maximum absolute atomic E-state index is 5.36. The minimum atomic E-state index is 0.476. The minimum absolute atomic E-state index is 0.476. The highest BCUT2D eigenvalue weighted by Gasteiger charge is 2.19. The molecular formula is C12H19N3O. The first kappa shape index (κ1) is 11.5. The molecule has 0 spiro atoms. The van der Waals surface area contributed by atoms with Crippen molar-refractivity contribution < 1.29 is 4.74 Å². The van der Waals surface area contributed by atoms with E-state index in [1.165, 1.54) is 0 Å². The van der Waals surface area contributed by atoms with E-state index in [1.807, 2.05) is 20.0 Å². The molecule has 4 heteroatoms. The molecule has 1 aliphatic rings. The first-order chi connectivity index (χ1) is 7.79. The highest BCUT2D eigenvalue weighted by molar-refractivity contribution is 5.12. The Hall–Kier alpha value is -1.00. The van der Waals surface area contributed by atoms with Crippen LogP contribution in [-0.4, -0.2) is 30.2 Å². The van der Waals surface area contributed by atoms with Crippen molar-refractivity contribution in [2.24, 2.45) is 0 Å². The van der Waals surface area contributed by atoms with Gasteiger partial charge in [-0.3, -0.25) is 0 Å². The fraction of sp³-hybridized carbons (Fsp3) is 0.667. The Morgan fingerprint density at radius 2 is 2.12 bits per heavy atom. The van der Waals surface area contributed by atoms with Crippen molar-refractivity contribution in [1.29, 1.82) is 0 Å². The predicted molar refractivity (Wildman–Crippen MR) is 62.3 cm³/mol. The summed E-state index contributed by atoms with van der Waals surface area (Å²) in [7, 11) is 1.94. The van der Waals surface area contributed by atoms with Crippen LogP contribution >= 0.6 is 0 Å². The second-order valence-electron chi connectivity index (χ2n) is 4.28. The number of ether oxygens (including phenoxy) is 1. The summed E-state index contributed by atoms with van der Waals surface area (Å²) in [6, 6.07) is 2.04.